The highest BCUT2D eigenvalue weighted by molar-refractivity contribution is 5.73. The quantitative estimate of drug-likeness (QED) is 0.561. The van der Waals surface area contributed by atoms with Crippen molar-refractivity contribution in [1.29, 1.82) is 0 Å². The number of carbonyl (C=O) groups excluding carboxylic acids is 1. The van der Waals surface area contributed by atoms with Crippen molar-refractivity contribution in [1.82, 2.24) is 10.6 Å². The van der Waals surface area contributed by atoms with Crippen LogP contribution in [0.4, 0.5) is 4.79 Å². The van der Waals surface area contributed by atoms with Crippen molar-refractivity contribution < 1.29 is 14.3 Å². The molecule has 0 atom stereocenters. The van der Waals surface area contributed by atoms with Crippen LogP contribution in [0, 0.1) is 0 Å². The topological polar surface area (TPSA) is 59.6 Å². The molecule has 0 saturated carbocycles. The van der Waals surface area contributed by atoms with E-state index in [4.69, 9.17) is 9.47 Å². The van der Waals surface area contributed by atoms with E-state index in [9.17, 15) is 4.79 Å². The third-order valence-electron chi connectivity index (χ3n) is 1.55. The number of urea groups is 1. The zero-order chi connectivity index (χ0) is 10.6. The van der Waals surface area contributed by atoms with E-state index in [-0.39, 0.29) is 6.03 Å². The monoisotopic (exact) mass is 204 g/mol. The van der Waals surface area contributed by atoms with Crippen LogP contribution in [-0.4, -0.2) is 46.1 Å². The zero-order valence-electron chi connectivity index (χ0n) is 8.97. The largest absolute Gasteiger partial charge is 0.383 e. The summed E-state index contributed by atoms with van der Waals surface area (Å²) in [6.07, 6.45) is 0.839. The lowest BCUT2D eigenvalue weighted by Gasteiger charge is -2.06. The van der Waals surface area contributed by atoms with Crippen LogP contribution in [0.1, 0.15) is 13.3 Å². The average molecular weight is 204 g/mol. The molecule has 0 fully saturated rings. The highest BCUT2D eigenvalue weighted by atomic mass is 16.5. The van der Waals surface area contributed by atoms with Gasteiger partial charge in [0, 0.05) is 33.4 Å². The van der Waals surface area contributed by atoms with E-state index >= 15 is 0 Å². The lowest BCUT2D eigenvalue weighted by atomic mass is 10.4. The summed E-state index contributed by atoms with van der Waals surface area (Å²) in [5, 5.41) is 5.37. The second-order valence-electron chi connectivity index (χ2n) is 2.73. The fraction of sp³-hybridized carbons (Fsp3) is 0.889. The molecule has 0 aliphatic heterocycles. The van der Waals surface area contributed by atoms with Gasteiger partial charge in [-0.2, -0.15) is 0 Å². The molecule has 2 N–H and O–H groups in total. The van der Waals surface area contributed by atoms with Gasteiger partial charge in [-0.15, -0.1) is 0 Å². The first kappa shape index (κ1) is 13.2. The van der Waals surface area contributed by atoms with Crippen LogP contribution in [0.5, 0.6) is 0 Å². The molecule has 0 rings (SSSR count). The third kappa shape index (κ3) is 9.28. The molecule has 0 aromatic rings. The Morgan fingerprint density at radius 2 is 1.93 bits per heavy atom. The Morgan fingerprint density at radius 1 is 1.21 bits per heavy atom. The number of rotatable bonds is 8. The summed E-state index contributed by atoms with van der Waals surface area (Å²) < 4.78 is 9.91. The lowest BCUT2D eigenvalue weighted by molar-refractivity contribution is 0.145. The Hall–Kier alpha value is -0.810. The number of hydrogen-bond acceptors (Lipinski definition) is 3. The van der Waals surface area contributed by atoms with Gasteiger partial charge in [-0.05, 0) is 13.3 Å². The van der Waals surface area contributed by atoms with Gasteiger partial charge in [0.05, 0.1) is 6.61 Å². The summed E-state index contributed by atoms with van der Waals surface area (Å²) >= 11 is 0. The van der Waals surface area contributed by atoms with Gasteiger partial charge >= 0.3 is 6.03 Å². The van der Waals surface area contributed by atoms with Crippen LogP contribution in [-0.2, 0) is 9.47 Å². The minimum Gasteiger partial charge on any atom is -0.383 e. The molecule has 14 heavy (non-hydrogen) atoms. The van der Waals surface area contributed by atoms with Gasteiger partial charge in [-0.1, -0.05) is 0 Å². The van der Waals surface area contributed by atoms with Gasteiger partial charge in [-0.25, -0.2) is 4.79 Å². The molecule has 0 aliphatic rings. The van der Waals surface area contributed by atoms with E-state index in [1.54, 1.807) is 7.11 Å². The predicted octanol–water partition coefficient (Wildman–Crippen LogP) is 0.359. The fourth-order valence-electron chi connectivity index (χ4n) is 0.850. The summed E-state index contributed by atoms with van der Waals surface area (Å²) in [6, 6.07) is -0.154. The molecule has 0 radical (unpaired) electrons. The number of methoxy groups -OCH3 is 1. The number of ether oxygens (including phenoxy) is 2. The summed E-state index contributed by atoms with van der Waals surface area (Å²) in [5.74, 6) is 0. The van der Waals surface area contributed by atoms with E-state index in [2.05, 4.69) is 10.6 Å². The Balaban J connectivity index is 3.10. The molecule has 0 saturated heterocycles. The van der Waals surface area contributed by atoms with Crippen molar-refractivity contribution in [3.63, 3.8) is 0 Å². The Bertz CT molecular complexity index is 142. The maximum absolute atomic E-state index is 11.0. The van der Waals surface area contributed by atoms with Crippen molar-refractivity contribution in [2.75, 3.05) is 40.0 Å². The average Bonchev–Trinajstić information content (AvgIpc) is 2.18. The Kier molecular flexibility index (Phi) is 9.68. The Morgan fingerprint density at radius 3 is 2.57 bits per heavy atom. The van der Waals surface area contributed by atoms with E-state index in [1.807, 2.05) is 6.92 Å². The molecule has 0 heterocycles. The van der Waals surface area contributed by atoms with Crippen molar-refractivity contribution in [2.45, 2.75) is 13.3 Å². The molecule has 5 heteroatoms. The van der Waals surface area contributed by atoms with Crippen molar-refractivity contribution in [3.8, 4) is 0 Å². The SMILES string of the molecule is CCOCCCNC(=O)NCCOC. The van der Waals surface area contributed by atoms with Crippen LogP contribution in [0.2, 0.25) is 0 Å². The summed E-state index contributed by atoms with van der Waals surface area (Å²) in [7, 11) is 1.60. The highest BCUT2D eigenvalue weighted by Crippen LogP contribution is 1.79. The molecule has 5 nitrogen and oxygen atoms in total. The van der Waals surface area contributed by atoms with E-state index in [0.717, 1.165) is 13.0 Å². The van der Waals surface area contributed by atoms with E-state index < -0.39 is 0 Å². The second-order valence-corrected chi connectivity index (χ2v) is 2.73. The molecular formula is C9H20N2O3. The molecule has 0 aliphatic carbocycles. The number of amides is 2. The highest BCUT2D eigenvalue weighted by Gasteiger charge is 1.96. The van der Waals surface area contributed by atoms with Gasteiger partial charge < -0.3 is 20.1 Å². The van der Waals surface area contributed by atoms with Gasteiger partial charge in [0.15, 0.2) is 0 Å². The first-order valence-corrected chi connectivity index (χ1v) is 4.89. The van der Waals surface area contributed by atoms with Crippen LogP contribution >= 0.6 is 0 Å². The predicted molar refractivity (Wildman–Crippen MR) is 54.4 cm³/mol. The van der Waals surface area contributed by atoms with Gasteiger partial charge in [0.25, 0.3) is 0 Å². The van der Waals surface area contributed by atoms with Crippen molar-refractivity contribution in [2.24, 2.45) is 0 Å². The minimum atomic E-state index is -0.154. The molecule has 0 bridgehead atoms. The van der Waals surface area contributed by atoms with E-state index in [0.29, 0.717) is 26.3 Å². The van der Waals surface area contributed by atoms with Crippen LogP contribution in [0.3, 0.4) is 0 Å². The standard InChI is InChI=1S/C9H20N2O3/c1-3-14-7-4-5-10-9(12)11-6-8-13-2/h3-8H2,1-2H3,(H2,10,11,12). The summed E-state index contributed by atoms with van der Waals surface area (Å²) in [4.78, 5) is 11.0. The number of nitrogens with one attached hydrogen (secondary N) is 2. The molecule has 0 spiro atoms. The van der Waals surface area contributed by atoms with Crippen LogP contribution < -0.4 is 10.6 Å². The maximum atomic E-state index is 11.0. The lowest BCUT2D eigenvalue weighted by Crippen LogP contribution is -2.37. The van der Waals surface area contributed by atoms with Gasteiger partial charge in [-0.3, -0.25) is 0 Å². The second kappa shape index (κ2) is 10.3. The minimum absolute atomic E-state index is 0.154. The van der Waals surface area contributed by atoms with Gasteiger partial charge in [0.1, 0.15) is 0 Å². The van der Waals surface area contributed by atoms with Crippen LogP contribution in [0.15, 0.2) is 0 Å². The fourth-order valence-corrected chi connectivity index (χ4v) is 0.850. The van der Waals surface area contributed by atoms with Crippen molar-refractivity contribution in [3.05, 3.63) is 0 Å². The van der Waals surface area contributed by atoms with E-state index in [1.165, 1.54) is 0 Å². The summed E-state index contributed by atoms with van der Waals surface area (Å²) in [5.41, 5.74) is 0. The number of hydrogen-bond donors (Lipinski definition) is 2. The van der Waals surface area contributed by atoms with Gasteiger partial charge in [0.2, 0.25) is 0 Å². The molecule has 0 aromatic heterocycles. The maximum Gasteiger partial charge on any atom is 0.314 e. The molecule has 2 amide bonds. The normalized spacial score (nSPS) is 9.86. The van der Waals surface area contributed by atoms with Crippen LogP contribution in [0.25, 0.3) is 0 Å². The first-order valence-electron chi connectivity index (χ1n) is 4.89. The summed E-state index contributed by atoms with van der Waals surface area (Å²) in [6.45, 7) is 5.07. The molecule has 84 valence electrons. The Labute approximate surface area is 85.1 Å². The molecular weight excluding hydrogens is 184 g/mol. The first-order chi connectivity index (χ1) is 6.81. The molecule has 0 unspecified atom stereocenters. The zero-order valence-corrected chi connectivity index (χ0v) is 8.97. The number of carbonyl (C=O) groups is 1. The third-order valence-corrected chi connectivity index (χ3v) is 1.55. The smallest absolute Gasteiger partial charge is 0.314 e. The van der Waals surface area contributed by atoms with Crippen molar-refractivity contribution >= 4 is 6.03 Å². The molecule has 0 aromatic carbocycles.